The van der Waals surface area contributed by atoms with Gasteiger partial charge >= 0.3 is 5.97 Å². The van der Waals surface area contributed by atoms with Crippen LogP contribution in [0.5, 0.6) is 5.75 Å². The fraction of sp³-hybridized carbons (Fsp3) is 0.364. The molecule has 0 aliphatic heterocycles. The SMILES string of the molecule is COCOc1cc(C(=O)OC)cc(N)c1C. The number of rotatable bonds is 4. The molecule has 0 spiro atoms. The van der Waals surface area contributed by atoms with Crippen LogP contribution in [0, 0.1) is 6.92 Å². The zero-order valence-corrected chi connectivity index (χ0v) is 9.57. The Morgan fingerprint density at radius 1 is 1.38 bits per heavy atom. The van der Waals surface area contributed by atoms with E-state index in [0.717, 1.165) is 5.56 Å². The number of methoxy groups -OCH3 is 2. The van der Waals surface area contributed by atoms with Gasteiger partial charge in [-0.15, -0.1) is 0 Å². The molecule has 5 heteroatoms. The van der Waals surface area contributed by atoms with Gasteiger partial charge in [-0.1, -0.05) is 0 Å². The molecule has 0 heterocycles. The van der Waals surface area contributed by atoms with Crippen molar-refractivity contribution >= 4 is 11.7 Å². The van der Waals surface area contributed by atoms with Gasteiger partial charge < -0.3 is 19.9 Å². The highest BCUT2D eigenvalue weighted by Gasteiger charge is 2.12. The van der Waals surface area contributed by atoms with Crippen molar-refractivity contribution in [2.24, 2.45) is 0 Å². The maximum Gasteiger partial charge on any atom is 0.338 e. The molecule has 0 unspecified atom stereocenters. The first kappa shape index (κ1) is 12.3. The first-order valence-electron chi connectivity index (χ1n) is 4.70. The van der Waals surface area contributed by atoms with E-state index >= 15 is 0 Å². The summed E-state index contributed by atoms with van der Waals surface area (Å²) in [5.74, 6) is 0.0659. The first-order chi connectivity index (χ1) is 7.60. The minimum absolute atomic E-state index is 0.102. The van der Waals surface area contributed by atoms with E-state index in [0.29, 0.717) is 17.0 Å². The largest absolute Gasteiger partial charge is 0.467 e. The molecular formula is C11H15NO4. The van der Waals surface area contributed by atoms with E-state index in [2.05, 4.69) is 4.74 Å². The van der Waals surface area contributed by atoms with Gasteiger partial charge in [0.2, 0.25) is 0 Å². The predicted octanol–water partition coefficient (Wildman–Crippen LogP) is 1.35. The fourth-order valence-electron chi connectivity index (χ4n) is 1.22. The number of nitrogens with two attached hydrogens (primary N) is 1. The van der Waals surface area contributed by atoms with Gasteiger partial charge in [0.15, 0.2) is 6.79 Å². The van der Waals surface area contributed by atoms with Crippen molar-refractivity contribution in [1.29, 1.82) is 0 Å². The lowest BCUT2D eigenvalue weighted by Gasteiger charge is -2.11. The van der Waals surface area contributed by atoms with E-state index in [9.17, 15) is 4.79 Å². The molecule has 0 saturated carbocycles. The van der Waals surface area contributed by atoms with Gasteiger partial charge in [0, 0.05) is 18.4 Å². The number of nitrogen functional groups attached to an aromatic ring is 1. The Bertz CT molecular complexity index is 390. The van der Waals surface area contributed by atoms with E-state index in [-0.39, 0.29) is 6.79 Å². The molecule has 0 atom stereocenters. The lowest BCUT2D eigenvalue weighted by atomic mass is 10.1. The number of esters is 1. The second-order valence-corrected chi connectivity index (χ2v) is 3.23. The van der Waals surface area contributed by atoms with Crippen molar-refractivity contribution in [1.82, 2.24) is 0 Å². The monoisotopic (exact) mass is 225 g/mol. The summed E-state index contributed by atoms with van der Waals surface area (Å²) in [7, 11) is 2.83. The Balaban J connectivity index is 3.06. The van der Waals surface area contributed by atoms with Crippen LogP contribution in [-0.2, 0) is 9.47 Å². The highest BCUT2D eigenvalue weighted by atomic mass is 16.7. The highest BCUT2D eigenvalue weighted by molar-refractivity contribution is 5.91. The summed E-state index contributed by atoms with van der Waals surface area (Å²) >= 11 is 0. The molecule has 0 fully saturated rings. The third-order valence-corrected chi connectivity index (χ3v) is 2.15. The summed E-state index contributed by atoms with van der Waals surface area (Å²) in [4.78, 5) is 11.3. The number of anilines is 1. The third-order valence-electron chi connectivity index (χ3n) is 2.15. The van der Waals surface area contributed by atoms with E-state index in [1.54, 1.807) is 19.1 Å². The van der Waals surface area contributed by atoms with Crippen LogP contribution in [0.15, 0.2) is 12.1 Å². The Morgan fingerprint density at radius 3 is 2.62 bits per heavy atom. The molecule has 0 amide bonds. The van der Waals surface area contributed by atoms with E-state index in [1.807, 2.05) is 0 Å². The van der Waals surface area contributed by atoms with Crippen LogP contribution in [0.2, 0.25) is 0 Å². The number of hydrogen-bond donors (Lipinski definition) is 1. The van der Waals surface area contributed by atoms with Crippen molar-refractivity contribution in [3.05, 3.63) is 23.3 Å². The average Bonchev–Trinajstić information content (AvgIpc) is 2.29. The van der Waals surface area contributed by atoms with Crippen molar-refractivity contribution in [3.63, 3.8) is 0 Å². The molecule has 0 bridgehead atoms. The summed E-state index contributed by atoms with van der Waals surface area (Å²) in [6.45, 7) is 1.91. The van der Waals surface area contributed by atoms with Gasteiger partial charge in [-0.3, -0.25) is 0 Å². The molecule has 0 aliphatic carbocycles. The molecule has 0 aliphatic rings. The molecule has 0 radical (unpaired) electrons. The smallest absolute Gasteiger partial charge is 0.338 e. The van der Waals surface area contributed by atoms with Crippen molar-refractivity contribution in [2.45, 2.75) is 6.92 Å². The highest BCUT2D eigenvalue weighted by Crippen LogP contribution is 2.26. The van der Waals surface area contributed by atoms with E-state index in [4.69, 9.17) is 15.2 Å². The van der Waals surface area contributed by atoms with Gasteiger partial charge in [-0.05, 0) is 19.1 Å². The third kappa shape index (κ3) is 2.64. The molecule has 0 aromatic heterocycles. The minimum Gasteiger partial charge on any atom is -0.467 e. The molecule has 5 nitrogen and oxygen atoms in total. The summed E-state index contributed by atoms with van der Waals surface area (Å²) in [6.07, 6.45) is 0. The normalized spacial score (nSPS) is 9.94. The maximum atomic E-state index is 11.3. The molecule has 16 heavy (non-hydrogen) atoms. The molecule has 2 N–H and O–H groups in total. The van der Waals surface area contributed by atoms with E-state index in [1.165, 1.54) is 14.2 Å². The average molecular weight is 225 g/mol. The summed E-state index contributed by atoms with van der Waals surface area (Å²) < 4.78 is 14.7. The van der Waals surface area contributed by atoms with Gasteiger partial charge in [-0.25, -0.2) is 4.79 Å². The molecule has 1 aromatic carbocycles. The number of benzene rings is 1. The number of hydrogen-bond acceptors (Lipinski definition) is 5. The minimum atomic E-state index is -0.450. The van der Waals surface area contributed by atoms with Gasteiger partial charge in [0.05, 0.1) is 12.7 Å². The zero-order valence-electron chi connectivity index (χ0n) is 9.57. The van der Waals surface area contributed by atoms with Crippen LogP contribution in [0.4, 0.5) is 5.69 Å². The Labute approximate surface area is 94.1 Å². The van der Waals surface area contributed by atoms with Gasteiger partial charge in [0.25, 0.3) is 0 Å². The van der Waals surface area contributed by atoms with Crippen LogP contribution >= 0.6 is 0 Å². The standard InChI is InChI=1S/C11H15NO4/c1-7-9(12)4-8(11(13)15-3)5-10(7)16-6-14-2/h4-5H,6,12H2,1-3H3. The van der Waals surface area contributed by atoms with Crippen molar-refractivity contribution in [2.75, 3.05) is 26.7 Å². The summed E-state index contributed by atoms with van der Waals surface area (Å²) in [5, 5.41) is 0. The van der Waals surface area contributed by atoms with Crippen molar-refractivity contribution in [3.8, 4) is 5.75 Å². The van der Waals surface area contributed by atoms with Crippen molar-refractivity contribution < 1.29 is 19.0 Å². The van der Waals surface area contributed by atoms with Crippen LogP contribution in [0.1, 0.15) is 15.9 Å². The Hall–Kier alpha value is -1.75. The molecular weight excluding hydrogens is 210 g/mol. The summed E-state index contributed by atoms with van der Waals surface area (Å²) in [5.41, 5.74) is 7.36. The second-order valence-electron chi connectivity index (χ2n) is 3.23. The number of carbonyl (C=O) groups is 1. The predicted molar refractivity (Wildman–Crippen MR) is 59.4 cm³/mol. The van der Waals surface area contributed by atoms with Crippen LogP contribution in [0.3, 0.4) is 0 Å². The molecule has 0 saturated heterocycles. The maximum absolute atomic E-state index is 11.3. The van der Waals surface area contributed by atoms with Crippen LogP contribution in [-0.4, -0.2) is 27.0 Å². The molecule has 1 aromatic rings. The fourth-order valence-corrected chi connectivity index (χ4v) is 1.22. The van der Waals surface area contributed by atoms with Gasteiger partial charge in [0.1, 0.15) is 5.75 Å². The first-order valence-corrected chi connectivity index (χ1v) is 4.70. The second kappa shape index (κ2) is 5.37. The van der Waals surface area contributed by atoms with Gasteiger partial charge in [-0.2, -0.15) is 0 Å². The quantitative estimate of drug-likeness (QED) is 0.475. The lowest BCUT2D eigenvalue weighted by Crippen LogP contribution is -2.07. The molecule has 1 rings (SSSR count). The lowest BCUT2D eigenvalue weighted by molar-refractivity contribution is 0.0499. The zero-order chi connectivity index (χ0) is 12.1. The van der Waals surface area contributed by atoms with Crippen LogP contribution < -0.4 is 10.5 Å². The molecule has 88 valence electrons. The number of ether oxygens (including phenoxy) is 3. The summed E-state index contributed by atoms with van der Waals surface area (Å²) in [6, 6.07) is 3.14. The Morgan fingerprint density at radius 2 is 2.06 bits per heavy atom. The Kier molecular flexibility index (Phi) is 4.13. The number of carbonyl (C=O) groups excluding carboxylic acids is 1. The van der Waals surface area contributed by atoms with E-state index < -0.39 is 5.97 Å². The topological polar surface area (TPSA) is 70.8 Å². The van der Waals surface area contributed by atoms with Crippen LogP contribution in [0.25, 0.3) is 0 Å².